The third-order valence-electron chi connectivity index (χ3n) is 4.49. The number of carbonyl (C=O) groups is 3. The average Bonchev–Trinajstić information content (AvgIpc) is 3.10. The van der Waals surface area contributed by atoms with Crippen LogP contribution >= 0.6 is 0 Å². The predicted molar refractivity (Wildman–Crippen MR) is 78.7 cm³/mol. The van der Waals surface area contributed by atoms with Gasteiger partial charge in [-0.1, -0.05) is 12.1 Å². The zero-order valence-corrected chi connectivity index (χ0v) is 13.3. The van der Waals surface area contributed by atoms with Crippen LogP contribution in [0.4, 0.5) is 17.6 Å². The summed E-state index contributed by atoms with van der Waals surface area (Å²) in [6.45, 7) is 0.0576. The molecule has 0 aromatic heterocycles. The van der Waals surface area contributed by atoms with Crippen LogP contribution in [-0.4, -0.2) is 48.2 Å². The van der Waals surface area contributed by atoms with Crippen molar-refractivity contribution in [3.63, 3.8) is 0 Å². The SMILES string of the molecule is O=C1C[C@@]2(CCN(C(=O)c3ccccc3OC(F)(F)C(F)F)C2)C(=O)N1. The lowest BCUT2D eigenvalue weighted by atomic mass is 9.85. The summed E-state index contributed by atoms with van der Waals surface area (Å²) in [7, 11) is 0. The number of hydrogen-bond acceptors (Lipinski definition) is 4. The fourth-order valence-corrected chi connectivity index (χ4v) is 3.16. The van der Waals surface area contributed by atoms with Crippen LogP contribution in [0.3, 0.4) is 0 Å². The zero-order chi connectivity index (χ0) is 19.1. The van der Waals surface area contributed by atoms with E-state index in [-0.39, 0.29) is 31.5 Å². The number of halogens is 4. The van der Waals surface area contributed by atoms with Crippen molar-refractivity contribution in [2.75, 3.05) is 13.1 Å². The highest BCUT2D eigenvalue weighted by atomic mass is 19.3. The van der Waals surface area contributed by atoms with Gasteiger partial charge in [-0.3, -0.25) is 19.7 Å². The second-order valence-electron chi connectivity index (χ2n) is 6.27. The van der Waals surface area contributed by atoms with Crippen molar-refractivity contribution in [1.82, 2.24) is 10.2 Å². The van der Waals surface area contributed by atoms with E-state index in [9.17, 15) is 31.9 Å². The number of para-hydroxylation sites is 1. The van der Waals surface area contributed by atoms with E-state index in [4.69, 9.17) is 0 Å². The molecule has 2 saturated heterocycles. The van der Waals surface area contributed by atoms with Crippen LogP contribution in [0.5, 0.6) is 5.75 Å². The van der Waals surface area contributed by atoms with E-state index in [0.717, 1.165) is 6.07 Å². The summed E-state index contributed by atoms with van der Waals surface area (Å²) < 4.78 is 55.2. The molecule has 0 unspecified atom stereocenters. The second kappa shape index (κ2) is 6.26. The summed E-state index contributed by atoms with van der Waals surface area (Å²) in [5, 5.41) is 2.18. The number of alkyl halides is 4. The van der Waals surface area contributed by atoms with Gasteiger partial charge in [-0.05, 0) is 18.6 Å². The van der Waals surface area contributed by atoms with Crippen molar-refractivity contribution in [1.29, 1.82) is 0 Å². The molecule has 2 aliphatic rings. The molecule has 1 N–H and O–H groups in total. The minimum Gasteiger partial charge on any atom is -0.427 e. The molecule has 0 radical (unpaired) electrons. The molecule has 2 fully saturated rings. The number of ether oxygens (including phenoxy) is 1. The van der Waals surface area contributed by atoms with Gasteiger partial charge in [0.25, 0.3) is 5.91 Å². The Morgan fingerprint density at radius 1 is 1.27 bits per heavy atom. The highest BCUT2D eigenvalue weighted by molar-refractivity contribution is 6.07. The Labute approximate surface area is 145 Å². The van der Waals surface area contributed by atoms with Gasteiger partial charge in [-0.15, -0.1) is 0 Å². The molecule has 1 aromatic carbocycles. The number of nitrogens with one attached hydrogen (secondary N) is 1. The molecule has 0 aliphatic carbocycles. The van der Waals surface area contributed by atoms with Crippen molar-refractivity contribution in [2.45, 2.75) is 25.4 Å². The molecule has 6 nitrogen and oxygen atoms in total. The van der Waals surface area contributed by atoms with Gasteiger partial charge < -0.3 is 9.64 Å². The third kappa shape index (κ3) is 3.11. The van der Waals surface area contributed by atoms with Crippen LogP contribution in [-0.2, 0) is 9.59 Å². The van der Waals surface area contributed by atoms with Crippen molar-refractivity contribution in [2.24, 2.45) is 5.41 Å². The Hall–Kier alpha value is -2.65. The molecular weight excluding hydrogens is 360 g/mol. The molecule has 3 rings (SSSR count). The number of imide groups is 1. The van der Waals surface area contributed by atoms with Gasteiger partial charge in [0, 0.05) is 19.5 Å². The van der Waals surface area contributed by atoms with Gasteiger partial charge in [-0.25, -0.2) is 0 Å². The quantitative estimate of drug-likeness (QED) is 0.644. The van der Waals surface area contributed by atoms with Crippen LogP contribution in [0.25, 0.3) is 0 Å². The van der Waals surface area contributed by atoms with Crippen LogP contribution < -0.4 is 10.1 Å². The standard InChI is InChI=1S/C16H14F4N2O4/c17-13(18)16(19,20)26-10-4-2-1-3-9(10)12(24)22-6-5-15(8-22)7-11(23)21-14(15)25/h1-4,13H,5-8H2,(H,21,23,25)/t15-/m1/s1. The normalized spacial score (nSPS) is 23.0. The molecule has 2 aliphatic heterocycles. The number of hydrogen-bond donors (Lipinski definition) is 1. The molecule has 26 heavy (non-hydrogen) atoms. The van der Waals surface area contributed by atoms with Gasteiger partial charge >= 0.3 is 12.5 Å². The van der Waals surface area contributed by atoms with E-state index in [1.165, 1.54) is 23.1 Å². The van der Waals surface area contributed by atoms with E-state index in [1.807, 2.05) is 0 Å². The van der Waals surface area contributed by atoms with Gasteiger partial charge in [0.1, 0.15) is 5.75 Å². The van der Waals surface area contributed by atoms with Gasteiger partial charge in [-0.2, -0.15) is 17.6 Å². The fraction of sp³-hybridized carbons (Fsp3) is 0.438. The molecule has 0 saturated carbocycles. The van der Waals surface area contributed by atoms with Crippen LogP contribution in [0.2, 0.25) is 0 Å². The Balaban J connectivity index is 1.81. The maximum Gasteiger partial charge on any atom is 0.461 e. The summed E-state index contributed by atoms with van der Waals surface area (Å²) in [5.41, 5.74) is -1.36. The molecule has 140 valence electrons. The zero-order valence-electron chi connectivity index (χ0n) is 13.3. The van der Waals surface area contributed by atoms with Crippen LogP contribution in [0, 0.1) is 5.41 Å². The largest absolute Gasteiger partial charge is 0.461 e. The van der Waals surface area contributed by atoms with Crippen molar-refractivity contribution in [3.05, 3.63) is 29.8 Å². The van der Waals surface area contributed by atoms with Crippen molar-refractivity contribution < 1.29 is 36.7 Å². The minimum absolute atomic E-state index is 0.0583. The first kappa shape index (κ1) is 18.2. The predicted octanol–water partition coefficient (Wildman–Crippen LogP) is 1.80. The summed E-state index contributed by atoms with van der Waals surface area (Å²) in [6.07, 6.45) is -8.63. The lowest BCUT2D eigenvalue weighted by molar-refractivity contribution is -0.253. The number of benzene rings is 1. The van der Waals surface area contributed by atoms with E-state index in [2.05, 4.69) is 10.1 Å². The summed E-state index contributed by atoms with van der Waals surface area (Å²) in [4.78, 5) is 37.3. The van der Waals surface area contributed by atoms with Crippen LogP contribution in [0.1, 0.15) is 23.2 Å². The number of carbonyl (C=O) groups excluding carboxylic acids is 3. The Kier molecular flexibility index (Phi) is 4.37. The first-order chi connectivity index (χ1) is 12.1. The second-order valence-corrected chi connectivity index (χ2v) is 6.27. The first-order valence-electron chi connectivity index (χ1n) is 7.72. The average molecular weight is 374 g/mol. The van der Waals surface area contributed by atoms with Crippen molar-refractivity contribution >= 4 is 17.7 Å². The number of nitrogens with zero attached hydrogens (tertiary/aromatic N) is 1. The lowest BCUT2D eigenvalue weighted by Crippen LogP contribution is -2.37. The maximum absolute atomic E-state index is 13.2. The van der Waals surface area contributed by atoms with Gasteiger partial charge in [0.05, 0.1) is 11.0 Å². The highest BCUT2D eigenvalue weighted by Gasteiger charge is 2.52. The van der Waals surface area contributed by atoms with E-state index < -0.39 is 41.4 Å². The molecule has 1 aromatic rings. The molecule has 10 heteroatoms. The van der Waals surface area contributed by atoms with Gasteiger partial charge in [0.2, 0.25) is 11.8 Å². The maximum atomic E-state index is 13.2. The summed E-state index contributed by atoms with van der Waals surface area (Å²) in [6, 6.07) is 4.80. The Morgan fingerprint density at radius 2 is 1.96 bits per heavy atom. The highest BCUT2D eigenvalue weighted by Crippen LogP contribution is 2.39. The topological polar surface area (TPSA) is 75.7 Å². The first-order valence-corrected chi connectivity index (χ1v) is 7.72. The lowest BCUT2D eigenvalue weighted by Gasteiger charge is -2.23. The molecule has 1 atom stereocenters. The Bertz CT molecular complexity index is 770. The third-order valence-corrected chi connectivity index (χ3v) is 4.49. The molecule has 1 spiro atoms. The molecule has 3 amide bonds. The van der Waals surface area contributed by atoms with E-state index >= 15 is 0 Å². The summed E-state index contributed by atoms with van der Waals surface area (Å²) >= 11 is 0. The Morgan fingerprint density at radius 3 is 2.58 bits per heavy atom. The number of rotatable bonds is 4. The van der Waals surface area contributed by atoms with Crippen LogP contribution in [0.15, 0.2) is 24.3 Å². The monoisotopic (exact) mass is 374 g/mol. The van der Waals surface area contributed by atoms with Gasteiger partial charge in [0.15, 0.2) is 0 Å². The molecule has 2 heterocycles. The minimum atomic E-state index is -4.75. The smallest absolute Gasteiger partial charge is 0.427 e. The number of likely N-dealkylation sites (tertiary alicyclic amines) is 1. The molecule has 0 bridgehead atoms. The molecular formula is C16H14F4N2O4. The van der Waals surface area contributed by atoms with E-state index in [0.29, 0.717) is 0 Å². The fourth-order valence-electron chi connectivity index (χ4n) is 3.16. The summed E-state index contributed by atoms with van der Waals surface area (Å²) in [5.74, 6) is -2.35. The van der Waals surface area contributed by atoms with Crippen molar-refractivity contribution in [3.8, 4) is 5.75 Å². The number of amides is 3. The van der Waals surface area contributed by atoms with E-state index in [1.54, 1.807) is 0 Å².